The SMILES string of the molecule is C1=CC2CC1CC2CNc1ccc2ccc3cccc4ccc1c2c34. The van der Waals surface area contributed by atoms with Gasteiger partial charge >= 0.3 is 0 Å². The van der Waals surface area contributed by atoms with E-state index in [1.54, 1.807) is 0 Å². The molecule has 1 saturated carbocycles. The van der Waals surface area contributed by atoms with Crippen molar-refractivity contribution in [1.29, 1.82) is 0 Å². The Bertz CT molecular complexity index is 1110. The van der Waals surface area contributed by atoms with Crippen molar-refractivity contribution in [3.8, 4) is 0 Å². The molecule has 2 bridgehead atoms. The van der Waals surface area contributed by atoms with E-state index in [-0.39, 0.29) is 0 Å². The molecule has 0 saturated heterocycles. The van der Waals surface area contributed by atoms with Gasteiger partial charge in [-0.2, -0.15) is 0 Å². The molecule has 0 heterocycles. The number of fused-ring (bicyclic) bond motifs is 2. The Hall–Kier alpha value is -2.54. The lowest BCUT2D eigenvalue weighted by atomic mass is 9.92. The summed E-state index contributed by atoms with van der Waals surface area (Å²) >= 11 is 0. The molecule has 2 aliphatic carbocycles. The zero-order chi connectivity index (χ0) is 16.4. The highest BCUT2D eigenvalue weighted by atomic mass is 14.9. The van der Waals surface area contributed by atoms with Gasteiger partial charge in [0.15, 0.2) is 0 Å². The zero-order valence-corrected chi connectivity index (χ0v) is 14.2. The number of hydrogen-bond acceptors (Lipinski definition) is 1. The van der Waals surface area contributed by atoms with Gasteiger partial charge in [-0.1, -0.05) is 60.7 Å². The summed E-state index contributed by atoms with van der Waals surface area (Å²) in [7, 11) is 0. The van der Waals surface area contributed by atoms with Gasteiger partial charge in [-0.15, -0.1) is 0 Å². The van der Waals surface area contributed by atoms with E-state index in [1.165, 1.54) is 50.8 Å². The van der Waals surface area contributed by atoms with E-state index in [0.29, 0.717) is 0 Å². The molecule has 0 radical (unpaired) electrons. The second-order valence-corrected chi connectivity index (χ2v) is 7.89. The van der Waals surface area contributed by atoms with E-state index < -0.39 is 0 Å². The maximum Gasteiger partial charge on any atom is 0.0420 e. The molecule has 4 aromatic rings. The van der Waals surface area contributed by atoms with E-state index in [2.05, 4.69) is 72.1 Å². The van der Waals surface area contributed by atoms with Crippen LogP contribution in [0.25, 0.3) is 32.3 Å². The number of hydrogen-bond donors (Lipinski definition) is 1. The smallest absolute Gasteiger partial charge is 0.0420 e. The van der Waals surface area contributed by atoms with Crippen molar-refractivity contribution in [2.45, 2.75) is 12.8 Å². The third-order valence-corrected chi connectivity index (χ3v) is 6.50. The van der Waals surface area contributed by atoms with Gasteiger partial charge in [-0.3, -0.25) is 0 Å². The van der Waals surface area contributed by atoms with Gasteiger partial charge in [-0.25, -0.2) is 0 Å². The lowest BCUT2D eigenvalue weighted by Gasteiger charge is -2.21. The first-order valence-corrected chi connectivity index (χ1v) is 9.45. The molecule has 1 nitrogen and oxygen atoms in total. The fraction of sp³-hybridized carbons (Fsp3) is 0.250. The Balaban J connectivity index is 1.45. The summed E-state index contributed by atoms with van der Waals surface area (Å²) in [6.07, 6.45) is 7.62. The maximum atomic E-state index is 3.79. The van der Waals surface area contributed by atoms with Crippen LogP contribution in [0.15, 0.2) is 66.7 Å². The third-order valence-electron chi connectivity index (χ3n) is 6.50. The summed E-state index contributed by atoms with van der Waals surface area (Å²) in [4.78, 5) is 0. The van der Waals surface area contributed by atoms with Crippen molar-refractivity contribution >= 4 is 38.0 Å². The van der Waals surface area contributed by atoms with Gasteiger partial charge in [0.1, 0.15) is 0 Å². The summed E-state index contributed by atoms with van der Waals surface area (Å²) in [5.41, 5.74) is 1.29. The maximum absolute atomic E-state index is 3.79. The van der Waals surface area contributed by atoms with Crippen LogP contribution in [-0.4, -0.2) is 6.54 Å². The predicted molar refractivity (Wildman–Crippen MR) is 107 cm³/mol. The van der Waals surface area contributed by atoms with E-state index in [1.807, 2.05) is 0 Å². The second kappa shape index (κ2) is 4.98. The van der Waals surface area contributed by atoms with Gasteiger partial charge in [-0.05, 0) is 63.6 Å². The summed E-state index contributed by atoms with van der Waals surface area (Å²) < 4.78 is 0. The van der Waals surface area contributed by atoms with Crippen molar-refractivity contribution in [2.24, 2.45) is 17.8 Å². The fourth-order valence-electron chi connectivity index (χ4n) is 5.26. The molecule has 122 valence electrons. The fourth-order valence-corrected chi connectivity index (χ4v) is 5.26. The highest BCUT2D eigenvalue weighted by Crippen LogP contribution is 2.44. The monoisotopic (exact) mass is 323 g/mol. The summed E-state index contributed by atoms with van der Waals surface area (Å²) in [5.74, 6) is 2.45. The van der Waals surface area contributed by atoms with Crippen LogP contribution in [0.2, 0.25) is 0 Å². The van der Waals surface area contributed by atoms with Crippen molar-refractivity contribution in [2.75, 3.05) is 11.9 Å². The normalized spacial score (nSPS) is 24.9. The number of benzene rings is 4. The highest BCUT2D eigenvalue weighted by Gasteiger charge is 2.35. The van der Waals surface area contributed by atoms with Gasteiger partial charge in [0.25, 0.3) is 0 Å². The van der Waals surface area contributed by atoms with Crippen LogP contribution in [0, 0.1) is 17.8 Å². The Kier molecular flexibility index (Phi) is 2.73. The first-order valence-electron chi connectivity index (χ1n) is 9.45. The Morgan fingerprint density at radius 3 is 2.28 bits per heavy atom. The molecule has 0 spiro atoms. The van der Waals surface area contributed by atoms with Gasteiger partial charge in [0.05, 0.1) is 0 Å². The van der Waals surface area contributed by atoms with Crippen LogP contribution >= 0.6 is 0 Å². The lowest BCUT2D eigenvalue weighted by Crippen LogP contribution is -2.18. The van der Waals surface area contributed by atoms with Crippen molar-refractivity contribution < 1.29 is 0 Å². The van der Waals surface area contributed by atoms with Crippen LogP contribution in [0.5, 0.6) is 0 Å². The molecule has 0 aromatic heterocycles. The number of nitrogens with one attached hydrogen (secondary N) is 1. The molecule has 1 N–H and O–H groups in total. The van der Waals surface area contributed by atoms with Crippen molar-refractivity contribution in [3.05, 3.63) is 66.7 Å². The van der Waals surface area contributed by atoms with Crippen LogP contribution in [0.1, 0.15) is 12.8 Å². The molecule has 4 aromatic carbocycles. The molecular weight excluding hydrogens is 302 g/mol. The molecule has 1 heteroatoms. The van der Waals surface area contributed by atoms with Crippen LogP contribution in [0.3, 0.4) is 0 Å². The van der Waals surface area contributed by atoms with E-state index in [4.69, 9.17) is 0 Å². The quantitative estimate of drug-likeness (QED) is 0.349. The Labute approximate surface area is 147 Å². The summed E-state index contributed by atoms with van der Waals surface area (Å²) in [6, 6.07) is 20.2. The molecule has 0 amide bonds. The molecule has 1 fully saturated rings. The predicted octanol–water partition coefficient (Wildman–Crippen LogP) is 6.21. The number of allylic oxidation sites excluding steroid dienone is 2. The molecular formula is C24H21N. The minimum absolute atomic E-state index is 0.800. The second-order valence-electron chi connectivity index (χ2n) is 7.89. The van der Waals surface area contributed by atoms with Crippen molar-refractivity contribution in [3.63, 3.8) is 0 Å². The standard InChI is InChI=1S/C24H21N/c1-2-16-6-7-18-9-11-22(21-10-8-17(3-1)23(16)24(18)21)25-14-20-13-15-4-5-19(20)12-15/h1-11,15,19-20,25H,12-14H2. The summed E-state index contributed by atoms with van der Waals surface area (Å²) in [5, 5.41) is 12.0. The molecule has 6 rings (SSSR count). The topological polar surface area (TPSA) is 12.0 Å². The minimum Gasteiger partial charge on any atom is -0.384 e. The van der Waals surface area contributed by atoms with Crippen LogP contribution < -0.4 is 5.32 Å². The highest BCUT2D eigenvalue weighted by molar-refractivity contribution is 6.25. The van der Waals surface area contributed by atoms with E-state index >= 15 is 0 Å². The zero-order valence-electron chi connectivity index (χ0n) is 14.2. The Morgan fingerprint density at radius 2 is 1.52 bits per heavy atom. The largest absolute Gasteiger partial charge is 0.384 e. The molecule has 3 atom stereocenters. The van der Waals surface area contributed by atoms with Crippen LogP contribution in [0.4, 0.5) is 5.69 Å². The number of rotatable bonds is 3. The van der Waals surface area contributed by atoms with Gasteiger partial charge < -0.3 is 5.32 Å². The number of anilines is 1. The minimum atomic E-state index is 0.800. The Morgan fingerprint density at radius 1 is 0.760 bits per heavy atom. The molecule has 3 unspecified atom stereocenters. The average Bonchev–Trinajstić information content (AvgIpc) is 3.28. The van der Waals surface area contributed by atoms with Crippen molar-refractivity contribution in [1.82, 2.24) is 0 Å². The first-order chi connectivity index (χ1) is 12.4. The molecule has 25 heavy (non-hydrogen) atoms. The van der Waals surface area contributed by atoms with Gasteiger partial charge in [0, 0.05) is 17.6 Å². The summed E-state index contributed by atoms with van der Waals surface area (Å²) in [6.45, 7) is 1.09. The average molecular weight is 323 g/mol. The van der Waals surface area contributed by atoms with E-state index in [0.717, 1.165) is 24.3 Å². The third kappa shape index (κ3) is 1.96. The van der Waals surface area contributed by atoms with Gasteiger partial charge in [0.2, 0.25) is 0 Å². The lowest BCUT2D eigenvalue weighted by molar-refractivity contribution is 0.472. The molecule has 0 aliphatic heterocycles. The molecule has 2 aliphatic rings. The first kappa shape index (κ1) is 13.7. The van der Waals surface area contributed by atoms with Crippen LogP contribution in [-0.2, 0) is 0 Å². The van der Waals surface area contributed by atoms with E-state index in [9.17, 15) is 0 Å².